The second kappa shape index (κ2) is 6.94. The highest BCUT2D eigenvalue weighted by atomic mass is 35.5. The summed E-state index contributed by atoms with van der Waals surface area (Å²) in [5.74, 6) is 0. The van der Waals surface area contributed by atoms with Gasteiger partial charge in [-0.05, 0) is 18.6 Å². The summed E-state index contributed by atoms with van der Waals surface area (Å²) in [5.41, 5.74) is 0.952. The molecule has 0 bridgehead atoms. The Morgan fingerprint density at radius 2 is 2.21 bits per heavy atom. The van der Waals surface area contributed by atoms with Crippen molar-refractivity contribution >= 4 is 23.2 Å². The van der Waals surface area contributed by atoms with Crippen LogP contribution in [0.4, 0.5) is 0 Å². The Hall–Kier alpha value is -1.03. The Balaban J connectivity index is 2.20. The molecule has 2 rings (SSSR count). The van der Waals surface area contributed by atoms with Crippen LogP contribution in [-0.4, -0.2) is 16.2 Å². The molecule has 0 aliphatic rings. The van der Waals surface area contributed by atoms with Crippen LogP contribution in [0.1, 0.15) is 25.0 Å². The van der Waals surface area contributed by atoms with Crippen molar-refractivity contribution < 1.29 is 4.74 Å². The van der Waals surface area contributed by atoms with Crippen molar-refractivity contribution in [3.63, 3.8) is 0 Å². The van der Waals surface area contributed by atoms with Crippen LogP contribution in [0.25, 0.3) is 0 Å². The Labute approximate surface area is 123 Å². The zero-order chi connectivity index (χ0) is 13.7. The van der Waals surface area contributed by atoms with Crippen molar-refractivity contribution in [2.75, 3.05) is 6.61 Å². The maximum atomic E-state index is 6.25. The number of rotatable bonds is 6. The van der Waals surface area contributed by atoms with Crippen LogP contribution in [-0.2, 0) is 11.3 Å². The first-order chi connectivity index (χ1) is 9.20. The lowest BCUT2D eigenvalue weighted by molar-refractivity contribution is 0.0409. The standard InChI is InChI=1S/C14H16Cl2N2O/c1-2-7-19-14(9-18-6-5-17-10-18)12-4-3-11(15)8-13(12)16/h3-6,8,10,14H,2,7,9H2,1H3. The first kappa shape index (κ1) is 14.4. The van der Waals surface area contributed by atoms with Crippen LogP contribution in [0.15, 0.2) is 36.9 Å². The van der Waals surface area contributed by atoms with Gasteiger partial charge in [-0.25, -0.2) is 4.98 Å². The first-order valence-electron chi connectivity index (χ1n) is 6.23. The van der Waals surface area contributed by atoms with Gasteiger partial charge in [0.2, 0.25) is 0 Å². The van der Waals surface area contributed by atoms with E-state index in [2.05, 4.69) is 11.9 Å². The summed E-state index contributed by atoms with van der Waals surface area (Å²) >= 11 is 12.2. The second-order valence-corrected chi connectivity index (χ2v) is 5.13. The molecule has 2 aromatic rings. The Morgan fingerprint density at radius 3 is 2.84 bits per heavy atom. The molecule has 5 heteroatoms. The van der Waals surface area contributed by atoms with Crippen LogP contribution < -0.4 is 0 Å². The van der Waals surface area contributed by atoms with Crippen LogP contribution in [0.2, 0.25) is 10.0 Å². The fourth-order valence-electron chi connectivity index (χ4n) is 1.85. The monoisotopic (exact) mass is 298 g/mol. The zero-order valence-electron chi connectivity index (χ0n) is 10.7. The predicted octanol–water partition coefficient (Wildman–Crippen LogP) is 4.36. The van der Waals surface area contributed by atoms with E-state index in [0.29, 0.717) is 23.2 Å². The third-order valence-corrected chi connectivity index (χ3v) is 3.33. The summed E-state index contributed by atoms with van der Waals surface area (Å²) in [7, 11) is 0. The molecular weight excluding hydrogens is 283 g/mol. The zero-order valence-corrected chi connectivity index (χ0v) is 12.2. The fraction of sp³-hybridized carbons (Fsp3) is 0.357. The van der Waals surface area contributed by atoms with Gasteiger partial charge in [0.25, 0.3) is 0 Å². The number of hydrogen-bond donors (Lipinski definition) is 0. The minimum Gasteiger partial charge on any atom is -0.372 e. The molecule has 0 spiro atoms. The molecule has 1 unspecified atom stereocenters. The molecule has 0 radical (unpaired) electrons. The average molecular weight is 299 g/mol. The highest BCUT2D eigenvalue weighted by Crippen LogP contribution is 2.29. The summed E-state index contributed by atoms with van der Waals surface area (Å²) in [4.78, 5) is 4.04. The van der Waals surface area contributed by atoms with Crippen molar-refractivity contribution in [2.45, 2.75) is 26.0 Å². The number of nitrogens with zero attached hydrogens (tertiary/aromatic N) is 2. The minimum atomic E-state index is -0.0982. The second-order valence-electron chi connectivity index (χ2n) is 4.28. The summed E-state index contributed by atoms with van der Waals surface area (Å²) in [5, 5.41) is 1.26. The molecule has 1 aromatic heterocycles. The number of aromatic nitrogens is 2. The molecule has 19 heavy (non-hydrogen) atoms. The van der Waals surface area contributed by atoms with Gasteiger partial charge in [-0.3, -0.25) is 0 Å². The van der Waals surface area contributed by atoms with E-state index in [1.54, 1.807) is 18.6 Å². The molecule has 0 N–H and O–H groups in total. The van der Waals surface area contributed by atoms with Crippen LogP contribution in [0.3, 0.4) is 0 Å². The SMILES string of the molecule is CCCOC(Cn1ccnc1)c1ccc(Cl)cc1Cl. The minimum absolute atomic E-state index is 0.0982. The molecule has 102 valence electrons. The van der Waals surface area contributed by atoms with Crippen molar-refractivity contribution in [1.29, 1.82) is 0 Å². The molecule has 0 fully saturated rings. The molecule has 0 amide bonds. The summed E-state index contributed by atoms with van der Waals surface area (Å²) < 4.78 is 7.87. The lowest BCUT2D eigenvalue weighted by Crippen LogP contribution is -2.13. The molecule has 0 saturated carbocycles. The summed E-state index contributed by atoms with van der Waals surface area (Å²) in [6.45, 7) is 3.46. The van der Waals surface area contributed by atoms with Gasteiger partial charge >= 0.3 is 0 Å². The van der Waals surface area contributed by atoms with Crippen LogP contribution in [0.5, 0.6) is 0 Å². The third kappa shape index (κ3) is 3.96. The van der Waals surface area contributed by atoms with Gasteiger partial charge in [0.1, 0.15) is 6.10 Å². The largest absolute Gasteiger partial charge is 0.372 e. The number of hydrogen-bond acceptors (Lipinski definition) is 2. The maximum absolute atomic E-state index is 6.25. The van der Waals surface area contributed by atoms with Gasteiger partial charge in [0.15, 0.2) is 0 Å². The first-order valence-corrected chi connectivity index (χ1v) is 6.98. The van der Waals surface area contributed by atoms with E-state index in [1.807, 2.05) is 22.9 Å². The van der Waals surface area contributed by atoms with Gasteiger partial charge < -0.3 is 9.30 Å². The number of halogens is 2. The lowest BCUT2D eigenvalue weighted by Gasteiger charge is -2.20. The van der Waals surface area contributed by atoms with Crippen molar-refractivity contribution in [2.24, 2.45) is 0 Å². The van der Waals surface area contributed by atoms with E-state index in [-0.39, 0.29) is 6.10 Å². The van der Waals surface area contributed by atoms with Crippen molar-refractivity contribution in [1.82, 2.24) is 9.55 Å². The topological polar surface area (TPSA) is 27.1 Å². The fourth-order valence-corrected chi connectivity index (χ4v) is 2.38. The molecular formula is C14H16Cl2N2O. The third-order valence-electron chi connectivity index (χ3n) is 2.77. The Bertz CT molecular complexity index is 514. The van der Waals surface area contributed by atoms with Crippen molar-refractivity contribution in [3.8, 4) is 0 Å². The van der Waals surface area contributed by atoms with Gasteiger partial charge in [0, 0.05) is 34.6 Å². The van der Waals surface area contributed by atoms with Gasteiger partial charge in [-0.2, -0.15) is 0 Å². The number of benzene rings is 1. The smallest absolute Gasteiger partial charge is 0.102 e. The van der Waals surface area contributed by atoms with E-state index in [4.69, 9.17) is 27.9 Å². The molecule has 0 saturated heterocycles. The highest BCUT2D eigenvalue weighted by Gasteiger charge is 2.16. The molecule has 1 atom stereocenters. The molecule has 3 nitrogen and oxygen atoms in total. The predicted molar refractivity (Wildman–Crippen MR) is 77.7 cm³/mol. The average Bonchev–Trinajstić information content (AvgIpc) is 2.88. The van der Waals surface area contributed by atoms with Gasteiger partial charge in [-0.15, -0.1) is 0 Å². The molecule has 0 aliphatic carbocycles. The maximum Gasteiger partial charge on any atom is 0.102 e. The molecule has 1 aromatic carbocycles. The molecule has 0 aliphatic heterocycles. The van der Waals surface area contributed by atoms with E-state index < -0.39 is 0 Å². The Kier molecular flexibility index (Phi) is 5.25. The quantitative estimate of drug-likeness (QED) is 0.792. The van der Waals surface area contributed by atoms with Crippen molar-refractivity contribution in [3.05, 3.63) is 52.5 Å². The Morgan fingerprint density at radius 1 is 1.37 bits per heavy atom. The lowest BCUT2D eigenvalue weighted by atomic mass is 10.1. The van der Waals surface area contributed by atoms with E-state index >= 15 is 0 Å². The molecule has 1 heterocycles. The summed E-state index contributed by atoms with van der Waals surface area (Å²) in [6, 6.07) is 5.50. The van der Waals surface area contributed by atoms with Gasteiger partial charge in [-0.1, -0.05) is 36.2 Å². The van der Waals surface area contributed by atoms with E-state index in [0.717, 1.165) is 12.0 Å². The van der Waals surface area contributed by atoms with E-state index in [9.17, 15) is 0 Å². The van der Waals surface area contributed by atoms with Crippen LogP contribution >= 0.6 is 23.2 Å². The summed E-state index contributed by atoms with van der Waals surface area (Å²) in [6.07, 6.45) is 6.29. The normalized spacial score (nSPS) is 12.6. The van der Waals surface area contributed by atoms with Gasteiger partial charge in [0.05, 0.1) is 12.9 Å². The number of imidazole rings is 1. The van der Waals surface area contributed by atoms with Crippen LogP contribution in [0, 0.1) is 0 Å². The van der Waals surface area contributed by atoms with E-state index in [1.165, 1.54) is 0 Å². The number of ether oxygens (including phenoxy) is 1. The highest BCUT2D eigenvalue weighted by molar-refractivity contribution is 6.35.